The molecule has 0 unspecified atom stereocenters. The van der Waals surface area contributed by atoms with E-state index in [1.54, 1.807) is 6.07 Å². The highest BCUT2D eigenvalue weighted by Gasteiger charge is 2.15. The predicted octanol–water partition coefficient (Wildman–Crippen LogP) is 3.00. The zero-order valence-corrected chi connectivity index (χ0v) is 17.0. The molecule has 28 heavy (non-hydrogen) atoms. The molecule has 1 aromatic carbocycles. The van der Waals surface area contributed by atoms with Crippen LogP contribution in [0.3, 0.4) is 0 Å². The Kier molecular flexibility index (Phi) is 6.81. The normalized spacial score (nSPS) is 14.8. The zero-order chi connectivity index (χ0) is 19.9. The maximum Gasteiger partial charge on any atom is 0.274 e. The van der Waals surface area contributed by atoms with Crippen molar-refractivity contribution in [3.63, 3.8) is 0 Å². The second-order valence-corrected chi connectivity index (χ2v) is 7.29. The molecule has 0 radical (unpaired) electrons. The third-order valence-electron chi connectivity index (χ3n) is 4.89. The summed E-state index contributed by atoms with van der Waals surface area (Å²) in [6, 6.07) is 9.72. The predicted molar refractivity (Wildman–Crippen MR) is 114 cm³/mol. The molecule has 150 valence electrons. The first kappa shape index (κ1) is 20.1. The molecule has 1 aliphatic heterocycles. The Morgan fingerprint density at radius 1 is 1.11 bits per heavy atom. The van der Waals surface area contributed by atoms with Gasteiger partial charge in [-0.15, -0.1) is 0 Å². The Morgan fingerprint density at radius 2 is 1.82 bits per heavy atom. The molecular formula is C21H30N6O. The first-order valence-electron chi connectivity index (χ1n) is 9.99. The van der Waals surface area contributed by atoms with Crippen LogP contribution in [0.2, 0.25) is 0 Å². The minimum Gasteiger partial charge on any atom is -0.369 e. The molecule has 2 N–H and O–H groups in total. The quantitative estimate of drug-likeness (QED) is 0.717. The summed E-state index contributed by atoms with van der Waals surface area (Å²) in [7, 11) is 2.15. The fourth-order valence-corrected chi connectivity index (χ4v) is 3.16. The van der Waals surface area contributed by atoms with Crippen molar-refractivity contribution in [1.82, 2.24) is 14.9 Å². The molecule has 7 nitrogen and oxygen atoms in total. The van der Waals surface area contributed by atoms with Crippen LogP contribution in [0.4, 0.5) is 17.3 Å². The third kappa shape index (κ3) is 5.42. The lowest BCUT2D eigenvalue weighted by Gasteiger charge is -2.34. The van der Waals surface area contributed by atoms with Gasteiger partial charge in [-0.3, -0.25) is 4.79 Å². The summed E-state index contributed by atoms with van der Waals surface area (Å²) in [5.41, 5.74) is 3.09. The molecule has 2 aromatic rings. The maximum absolute atomic E-state index is 12.6. The van der Waals surface area contributed by atoms with Crippen molar-refractivity contribution in [1.29, 1.82) is 0 Å². The number of unbranched alkanes of at least 4 members (excludes halogenated alkanes) is 1. The van der Waals surface area contributed by atoms with Crippen LogP contribution in [0.5, 0.6) is 0 Å². The SMILES string of the molecule is CCCCNc1nc(C)cc(C(=O)Nc2ccc(N3CCN(C)CC3)cc2)n1. The largest absolute Gasteiger partial charge is 0.369 e. The minimum absolute atomic E-state index is 0.226. The number of piperazine rings is 1. The molecule has 1 saturated heterocycles. The van der Waals surface area contributed by atoms with Gasteiger partial charge in [-0.05, 0) is 50.7 Å². The number of hydrogen-bond donors (Lipinski definition) is 2. The molecule has 1 aliphatic rings. The number of nitrogens with one attached hydrogen (secondary N) is 2. The molecule has 1 amide bonds. The second-order valence-electron chi connectivity index (χ2n) is 7.29. The van der Waals surface area contributed by atoms with Crippen molar-refractivity contribution in [3.05, 3.63) is 41.7 Å². The van der Waals surface area contributed by atoms with E-state index in [1.807, 2.05) is 19.1 Å². The fraction of sp³-hybridized carbons (Fsp3) is 0.476. The zero-order valence-electron chi connectivity index (χ0n) is 17.0. The van der Waals surface area contributed by atoms with E-state index in [0.717, 1.165) is 56.9 Å². The first-order chi connectivity index (χ1) is 13.5. The summed E-state index contributed by atoms with van der Waals surface area (Å²) in [4.78, 5) is 26.0. The van der Waals surface area contributed by atoms with E-state index >= 15 is 0 Å². The number of likely N-dealkylation sites (N-methyl/N-ethyl adjacent to an activating group) is 1. The van der Waals surface area contributed by atoms with Gasteiger partial charge in [0, 0.05) is 49.8 Å². The van der Waals surface area contributed by atoms with Gasteiger partial charge >= 0.3 is 0 Å². The molecule has 7 heteroatoms. The average molecular weight is 383 g/mol. The van der Waals surface area contributed by atoms with E-state index in [0.29, 0.717) is 11.6 Å². The maximum atomic E-state index is 12.6. The molecule has 2 heterocycles. The fourth-order valence-electron chi connectivity index (χ4n) is 3.16. The summed E-state index contributed by atoms with van der Waals surface area (Å²) in [6.07, 6.45) is 2.13. The molecule has 0 spiro atoms. The number of carbonyl (C=O) groups excluding carboxylic acids is 1. The van der Waals surface area contributed by atoms with Gasteiger partial charge in [0.15, 0.2) is 0 Å². The van der Waals surface area contributed by atoms with E-state index in [4.69, 9.17) is 0 Å². The number of nitrogens with zero attached hydrogens (tertiary/aromatic N) is 4. The van der Waals surface area contributed by atoms with Gasteiger partial charge in [0.1, 0.15) is 5.69 Å². The van der Waals surface area contributed by atoms with E-state index < -0.39 is 0 Å². The van der Waals surface area contributed by atoms with Crippen molar-refractivity contribution in [3.8, 4) is 0 Å². The number of benzene rings is 1. The number of anilines is 3. The van der Waals surface area contributed by atoms with Crippen molar-refractivity contribution in [2.45, 2.75) is 26.7 Å². The topological polar surface area (TPSA) is 73.4 Å². The van der Waals surface area contributed by atoms with Crippen LogP contribution in [-0.2, 0) is 0 Å². The van der Waals surface area contributed by atoms with Gasteiger partial charge in [0.25, 0.3) is 5.91 Å². The average Bonchev–Trinajstić information content (AvgIpc) is 2.69. The molecule has 0 bridgehead atoms. The minimum atomic E-state index is -0.226. The Hall–Kier alpha value is -2.67. The lowest BCUT2D eigenvalue weighted by atomic mass is 10.2. The Balaban J connectivity index is 1.62. The van der Waals surface area contributed by atoms with Gasteiger partial charge < -0.3 is 20.4 Å². The summed E-state index contributed by atoms with van der Waals surface area (Å²) in [5.74, 6) is 0.278. The van der Waals surface area contributed by atoms with Crippen LogP contribution >= 0.6 is 0 Å². The van der Waals surface area contributed by atoms with Crippen molar-refractivity contribution in [2.24, 2.45) is 0 Å². The van der Waals surface area contributed by atoms with E-state index in [-0.39, 0.29) is 5.91 Å². The lowest BCUT2D eigenvalue weighted by Crippen LogP contribution is -2.44. The number of hydrogen-bond acceptors (Lipinski definition) is 6. The smallest absolute Gasteiger partial charge is 0.274 e. The van der Waals surface area contributed by atoms with E-state index in [9.17, 15) is 4.79 Å². The van der Waals surface area contributed by atoms with Gasteiger partial charge in [0.05, 0.1) is 0 Å². The van der Waals surface area contributed by atoms with Crippen LogP contribution in [0.25, 0.3) is 0 Å². The molecule has 0 saturated carbocycles. The molecule has 1 aromatic heterocycles. The van der Waals surface area contributed by atoms with Crippen LogP contribution in [0, 0.1) is 6.92 Å². The Labute approximate surface area is 167 Å². The number of carbonyl (C=O) groups is 1. The highest BCUT2D eigenvalue weighted by molar-refractivity contribution is 6.03. The van der Waals surface area contributed by atoms with Gasteiger partial charge in [-0.1, -0.05) is 13.3 Å². The summed E-state index contributed by atoms with van der Waals surface area (Å²) < 4.78 is 0. The molecule has 0 atom stereocenters. The summed E-state index contributed by atoms with van der Waals surface area (Å²) in [6.45, 7) is 8.99. The van der Waals surface area contributed by atoms with Crippen LogP contribution in [0.15, 0.2) is 30.3 Å². The first-order valence-corrected chi connectivity index (χ1v) is 9.99. The number of rotatable bonds is 7. The number of amides is 1. The van der Waals surface area contributed by atoms with E-state index in [1.165, 1.54) is 5.69 Å². The third-order valence-corrected chi connectivity index (χ3v) is 4.89. The van der Waals surface area contributed by atoms with Crippen molar-refractivity contribution in [2.75, 3.05) is 55.3 Å². The monoisotopic (exact) mass is 382 g/mol. The highest BCUT2D eigenvalue weighted by atomic mass is 16.1. The summed E-state index contributed by atoms with van der Waals surface area (Å²) >= 11 is 0. The molecular weight excluding hydrogens is 352 g/mol. The summed E-state index contributed by atoms with van der Waals surface area (Å²) in [5, 5.41) is 6.11. The lowest BCUT2D eigenvalue weighted by molar-refractivity contribution is 0.102. The van der Waals surface area contributed by atoms with Gasteiger partial charge in [-0.25, -0.2) is 9.97 Å². The number of aromatic nitrogens is 2. The van der Waals surface area contributed by atoms with Gasteiger partial charge in [0.2, 0.25) is 5.95 Å². The van der Waals surface area contributed by atoms with Crippen LogP contribution < -0.4 is 15.5 Å². The number of aryl methyl sites for hydroxylation is 1. The van der Waals surface area contributed by atoms with Crippen LogP contribution in [-0.4, -0.2) is 60.5 Å². The van der Waals surface area contributed by atoms with Crippen molar-refractivity contribution < 1.29 is 4.79 Å². The van der Waals surface area contributed by atoms with Crippen LogP contribution in [0.1, 0.15) is 35.9 Å². The van der Waals surface area contributed by atoms with Crippen molar-refractivity contribution >= 4 is 23.2 Å². The second kappa shape index (κ2) is 9.50. The molecule has 1 fully saturated rings. The Bertz CT molecular complexity index is 784. The molecule has 0 aliphatic carbocycles. The highest BCUT2D eigenvalue weighted by Crippen LogP contribution is 2.20. The Morgan fingerprint density at radius 3 is 2.50 bits per heavy atom. The molecule has 3 rings (SSSR count). The standard InChI is InChI=1S/C21H30N6O/c1-4-5-10-22-21-23-16(2)15-19(25-21)20(28)24-17-6-8-18(9-7-17)27-13-11-26(3)12-14-27/h6-9,15H,4-5,10-14H2,1-3H3,(H,24,28)(H,22,23,25). The van der Waals surface area contributed by atoms with E-state index in [2.05, 4.69) is 56.5 Å². The van der Waals surface area contributed by atoms with Gasteiger partial charge in [-0.2, -0.15) is 0 Å².